The number of nitrogen functional groups attached to an aromatic ring is 1. The Morgan fingerprint density at radius 2 is 2.31 bits per heavy atom. The molecule has 0 aliphatic heterocycles. The second-order valence-electron chi connectivity index (χ2n) is 3.62. The number of benzene rings is 1. The van der Waals surface area contributed by atoms with Crippen molar-refractivity contribution in [3.63, 3.8) is 0 Å². The second-order valence-corrected chi connectivity index (χ2v) is 4.94. The van der Waals surface area contributed by atoms with Crippen LogP contribution < -0.4 is 11.1 Å². The van der Waals surface area contributed by atoms with Gasteiger partial charge in [-0.15, -0.1) is 0 Å². The predicted octanol–water partition coefficient (Wildman–Crippen LogP) is 2.69. The third-order valence-corrected chi connectivity index (χ3v) is 3.30. The number of nitrogens with one attached hydrogen (secondary N) is 1. The zero-order valence-corrected chi connectivity index (χ0v) is 10.5. The Bertz CT molecular complexity index is 384. The van der Waals surface area contributed by atoms with Gasteiger partial charge in [-0.1, -0.05) is 6.92 Å². The van der Waals surface area contributed by atoms with Crippen LogP contribution in [0.4, 0.5) is 11.4 Å². The third-order valence-electron chi connectivity index (χ3n) is 2.16. The molecular formula is C12H17N3S. The lowest BCUT2D eigenvalue weighted by Crippen LogP contribution is -2.18. The summed E-state index contributed by atoms with van der Waals surface area (Å²) in [6.45, 7) is 4.28. The first-order valence-corrected chi connectivity index (χ1v) is 6.46. The molecular weight excluding hydrogens is 218 g/mol. The van der Waals surface area contributed by atoms with Crippen molar-refractivity contribution in [2.45, 2.75) is 19.9 Å². The van der Waals surface area contributed by atoms with E-state index in [0.717, 1.165) is 17.2 Å². The minimum absolute atomic E-state index is 0.389. The van der Waals surface area contributed by atoms with Crippen molar-refractivity contribution in [1.82, 2.24) is 0 Å². The maximum absolute atomic E-state index is 8.86. The highest BCUT2D eigenvalue weighted by Gasteiger charge is 2.04. The Labute approximate surface area is 101 Å². The Hall–Kier alpha value is -1.34. The molecule has 3 nitrogen and oxygen atoms in total. The number of thioether (sulfide) groups is 1. The van der Waals surface area contributed by atoms with Crippen LogP contribution in [0.5, 0.6) is 0 Å². The topological polar surface area (TPSA) is 61.8 Å². The molecule has 0 bridgehead atoms. The van der Waals surface area contributed by atoms with Gasteiger partial charge in [0.25, 0.3) is 0 Å². The zero-order chi connectivity index (χ0) is 12.0. The highest BCUT2D eigenvalue weighted by Crippen LogP contribution is 2.18. The number of hydrogen-bond acceptors (Lipinski definition) is 4. The minimum atomic E-state index is 0.389. The quantitative estimate of drug-likeness (QED) is 0.770. The van der Waals surface area contributed by atoms with E-state index in [1.165, 1.54) is 0 Å². The van der Waals surface area contributed by atoms with Crippen molar-refractivity contribution >= 4 is 23.1 Å². The molecule has 1 rings (SSSR count). The van der Waals surface area contributed by atoms with Crippen LogP contribution >= 0.6 is 11.8 Å². The van der Waals surface area contributed by atoms with Crippen molar-refractivity contribution < 1.29 is 0 Å². The van der Waals surface area contributed by atoms with E-state index in [2.05, 4.69) is 25.2 Å². The molecule has 1 aromatic rings. The summed E-state index contributed by atoms with van der Waals surface area (Å²) in [4.78, 5) is 0. The molecule has 4 heteroatoms. The monoisotopic (exact) mass is 235 g/mol. The highest BCUT2D eigenvalue weighted by atomic mass is 32.2. The number of rotatable bonds is 5. The molecule has 0 heterocycles. The van der Waals surface area contributed by atoms with Crippen LogP contribution in [-0.4, -0.2) is 17.5 Å². The van der Waals surface area contributed by atoms with Gasteiger partial charge >= 0.3 is 0 Å². The molecule has 86 valence electrons. The summed E-state index contributed by atoms with van der Waals surface area (Å²) in [7, 11) is 0. The van der Waals surface area contributed by atoms with Crippen molar-refractivity contribution in [3.8, 4) is 6.07 Å². The van der Waals surface area contributed by atoms with E-state index >= 15 is 0 Å². The van der Waals surface area contributed by atoms with Gasteiger partial charge in [0, 0.05) is 23.2 Å². The zero-order valence-electron chi connectivity index (χ0n) is 9.66. The van der Waals surface area contributed by atoms with Crippen LogP contribution in [-0.2, 0) is 0 Å². The molecule has 0 saturated carbocycles. The minimum Gasteiger partial charge on any atom is -0.398 e. The maximum Gasteiger partial charge on any atom is 0.101 e. The van der Waals surface area contributed by atoms with Crippen molar-refractivity contribution in [1.29, 1.82) is 5.26 Å². The fourth-order valence-corrected chi connectivity index (χ4v) is 2.04. The molecule has 16 heavy (non-hydrogen) atoms. The number of nitrogens with two attached hydrogens (primary N) is 1. The summed E-state index contributed by atoms with van der Waals surface area (Å²) in [6, 6.07) is 7.94. The molecule has 0 amide bonds. The molecule has 1 aromatic carbocycles. The van der Waals surface area contributed by atoms with Gasteiger partial charge < -0.3 is 11.1 Å². The fourth-order valence-electron chi connectivity index (χ4n) is 1.36. The molecule has 1 unspecified atom stereocenters. The van der Waals surface area contributed by atoms with Crippen LogP contribution in [0.1, 0.15) is 19.4 Å². The van der Waals surface area contributed by atoms with Crippen LogP contribution in [0.15, 0.2) is 18.2 Å². The molecule has 0 aliphatic rings. The summed E-state index contributed by atoms with van der Waals surface area (Å²) in [5, 5.41) is 12.2. The lowest BCUT2D eigenvalue weighted by molar-refractivity contribution is 0.913. The van der Waals surface area contributed by atoms with E-state index in [1.807, 2.05) is 17.8 Å². The van der Waals surface area contributed by atoms with Crippen molar-refractivity contribution in [2.75, 3.05) is 22.6 Å². The van der Waals surface area contributed by atoms with Gasteiger partial charge in [0.2, 0.25) is 0 Å². The molecule has 0 aromatic heterocycles. The number of anilines is 2. The van der Waals surface area contributed by atoms with E-state index in [4.69, 9.17) is 11.0 Å². The second kappa shape index (κ2) is 6.29. The Morgan fingerprint density at radius 1 is 1.56 bits per heavy atom. The van der Waals surface area contributed by atoms with Crippen LogP contribution in [0.2, 0.25) is 0 Å². The van der Waals surface area contributed by atoms with E-state index in [-0.39, 0.29) is 0 Å². The van der Waals surface area contributed by atoms with Gasteiger partial charge in [0.15, 0.2) is 0 Å². The summed E-state index contributed by atoms with van der Waals surface area (Å²) in [5.74, 6) is 2.18. The highest BCUT2D eigenvalue weighted by molar-refractivity contribution is 7.99. The van der Waals surface area contributed by atoms with Gasteiger partial charge in [-0.3, -0.25) is 0 Å². The Kier molecular flexibility index (Phi) is 5.00. The normalized spacial score (nSPS) is 11.8. The summed E-state index contributed by atoms with van der Waals surface area (Å²) >= 11 is 1.90. The first-order valence-electron chi connectivity index (χ1n) is 5.31. The van der Waals surface area contributed by atoms with E-state index < -0.39 is 0 Å². The average Bonchev–Trinajstić information content (AvgIpc) is 2.29. The number of hydrogen-bond donors (Lipinski definition) is 2. The standard InChI is InChI=1S/C12H17N3S/c1-3-16-8-9(2)15-11-4-5-12(14)10(6-11)7-13/h4-6,9,15H,3,8,14H2,1-2H3. The first kappa shape index (κ1) is 12.7. The average molecular weight is 235 g/mol. The Morgan fingerprint density at radius 3 is 2.94 bits per heavy atom. The van der Waals surface area contributed by atoms with Gasteiger partial charge in [0.1, 0.15) is 6.07 Å². The Balaban J connectivity index is 2.64. The fraction of sp³-hybridized carbons (Fsp3) is 0.417. The van der Waals surface area contributed by atoms with Gasteiger partial charge in [0.05, 0.1) is 5.56 Å². The van der Waals surface area contributed by atoms with Crippen LogP contribution in [0, 0.1) is 11.3 Å². The summed E-state index contributed by atoms with van der Waals surface area (Å²) in [6.07, 6.45) is 0. The number of nitrogens with zero attached hydrogens (tertiary/aromatic N) is 1. The largest absolute Gasteiger partial charge is 0.398 e. The van der Waals surface area contributed by atoms with Gasteiger partial charge in [-0.05, 0) is 30.9 Å². The van der Waals surface area contributed by atoms with Gasteiger partial charge in [-0.25, -0.2) is 0 Å². The predicted molar refractivity (Wildman–Crippen MR) is 71.7 cm³/mol. The lowest BCUT2D eigenvalue weighted by Gasteiger charge is -2.15. The van der Waals surface area contributed by atoms with Crippen molar-refractivity contribution in [3.05, 3.63) is 23.8 Å². The maximum atomic E-state index is 8.86. The SMILES string of the molecule is CCSCC(C)Nc1ccc(N)c(C#N)c1. The first-order chi connectivity index (χ1) is 7.67. The molecule has 3 N–H and O–H groups in total. The van der Waals surface area contributed by atoms with Crippen LogP contribution in [0.3, 0.4) is 0 Å². The van der Waals surface area contributed by atoms with Gasteiger partial charge in [-0.2, -0.15) is 17.0 Å². The summed E-state index contributed by atoms with van der Waals surface area (Å²) < 4.78 is 0. The van der Waals surface area contributed by atoms with Crippen molar-refractivity contribution in [2.24, 2.45) is 0 Å². The molecule has 0 saturated heterocycles. The molecule has 0 aliphatic carbocycles. The molecule has 0 radical (unpaired) electrons. The smallest absolute Gasteiger partial charge is 0.101 e. The number of nitriles is 1. The van der Waals surface area contributed by atoms with E-state index in [0.29, 0.717) is 17.3 Å². The van der Waals surface area contributed by atoms with Crippen LogP contribution in [0.25, 0.3) is 0 Å². The lowest BCUT2D eigenvalue weighted by atomic mass is 10.1. The van der Waals surface area contributed by atoms with E-state index in [9.17, 15) is 0 Å². The third kappa shape index (κ3) is 3.67. The molecule has 1 atom stereocenters. The molecule has 0 fully saturated rings. The van der Waals surface area contributed by atoms with E-state index in [1.54, 1.807) is 12.1 Å². The molecule has 0 spiro atoms. The summed E-state index contributed by atoms with van der Waals surface area (Å²) in [5.41, 5.74) is 7.67.